The maximum atomic E-state index is 12.8. The quantitative estimate of drug-likeness (QED) is 0.850. The summed E-state index contributed by atoms with van der Waals surface area (Å²) in [5, 5.41) is 3.12. The van der Waals surface area contributed by atoms with E-state index in [0.29, 0.717) is 24.6 Å². The van der Waals surface area contributed by atoms with Crippen molar-refractivity contribution in [2.45, 2.75) is 20.3 Å². The largest absolute Gasteiger partial charge is 0.493 e. The number of anilines is 2. The summed E-state index contributed by atoms with van der Waals surface area (Å²) < 4.78 is 10.7. The van der Waals surface area contributed by atoms with Crippen LogP contribution in [0.25, 0.3) is 0 Å². The maximum absolute atomic E-state index is 12.8. The van der Waals surface area contributed by atoms with Crippen molar-refractivity contribution in [1.29, 1.82) is 0 Å². The standard InChI is InChI=1S/C22H29N3O3/c1-5-17-8-6-7-16(2)21(17)23-22(26)25-13-11-24(12-14-25)18-9-10-19(27-3)20(15-18)28-4/h6-10,15H,5,11-14H2,1-4H3,(H,23,26). The number of urea groups is 1. The van der Waals surface area contributed by atoms with Crippen LogP contribution in [0, 0.1) is 6.92 Å². The molecule has 0 unspecified atom stereocenters. The van der Waals surface area contributed by atoms with Crippen LogP contribution in [0.2, 0.25) is 0 Å². The first-order valence-corrected chi connectivity index (χ1v) is 9.68. The fraction of sp³-hybridized carbons (Fsp3) is 0.409. The van der Waals surface area contributed by atoms with Crippen molar-refractivity contribution >= 4 is 17.4 Å². The first kappa shape index (κ1) is 19.9. The van der Waals surface area contributed by atoms with Crippen molar-refractivity contribution in [2.75, 3.05) is 50.6 Å². The molecule has 2 amide bonds. The third kappa shape index (κ3) is 4.16. The third-order valence-electron chi connectivity index (χ3n) is 5.27. The minimum absolute atomic E-state index is 0.0315. The molecular weight excluding hydrogens is 354 g/mol. The zero-order chi connectivity index (χ0) is 20.1. The number of hydrogen-bond donors (Lipinski definition) is 1. The monoisotopic (exact) mass is 383 g/mol. The number of benzene rings is 2. The van der Waals surface area contributed by atoms with Gasteiger partial charge in [-0.15, -0.1) is 0 Å². The van der Waals surface area contributed by atoms with E-state index in [0.717, 1.165) is 42.0 Å². The van der Waals surface area contributed by atoms with Crippen molar-refractivity contribution in [3.63, 3.8) is 0 Å². The Morgan fingerprint density at radius 2 is 1.75 bits per heavy atom. The van der Waals surface area contributed by atoms with E-state index in [2.05, 4.69) is 23.2 Å². The van der Waals surface area contributed by atoms with Crippen LogP contribution >= 0.6 is 0 Å². The fourth-order valence-electron chi connectivity index (χ4n) is 3.58. The number of amides is 2. The van der Waals surface area contributed by atoms with Crippen LogP contribution in [0.1, 0.15) is 18.1 Å². The Balaban J connectivity index is 1.63. The normalized spacial score (nSPS) is 14.0. The molecule has 6 nitrogen and oxygen atoms in total. The molecule has 0 aliphatic carbocycles. The number of ether oxygens (including phenoxy) is 2. The van der Waals surface area contributed by atoms with E-state index in [4.69, 9.17) is 9.47 Å². The van der Waals surface area contributed by atoms with E-state index in [9.17, 15) is 4.79 Å². The molecule has 1 saturated heterocycles. The summed E-state index contributed by atoms with van der Waals surface area (Å²) in [6.07, 6.45) is 0.893. The maximum Gasteiger partial charge on any atom is 0.321 e. The number of piperazine rings is 1. The van der Waals surface area contributed by atoms with Crippen LogP contribution in [0.5, 0.6) is 11.5 Å². The number of rotatable bonds is 5. The summed E-state index contributed by atoms with van der Waals surface area (Å²) in [5.74, 6) is 1.43. The summed E-state index contributed by atoms with van der Waals surface area (Å²) >= 11 is 0. The smallest absolute Gasteiger partial charge is 0.321 e. The Morgan fingerprint density at radius 1 is 1.04 bits per heavy atom. The molecule has 1 aliphatic heterocycles. The van der Waals surface area contributed by atoms with Gasteiger partial charge in [0, 0.05) is 43.6 Å². The summed E-state index contributed by atoms with van der Waals surface area (Å²) in [6.45, 7) is 7.03. The van der Waals surface area contributed by atoms with Gasteiger partial charge in [-0.25, -0.2) is 4.79 Å². The molecule has 0 aromatic heterocycles. The highest BCUT2D eigenvalue weighted by Gasteiger charge is 2.23. The van der Waals surface area contributed by atoms with Gasteiger partial charge in [0.15, 0.2) is 11.5 Å². The number of hydrogen-bond acceptors (Lipinski definition) is 4. The molecule has 2 aromatic carbocycles. The van der Waals surface area contributed by atoms with Crippen LogP contribution in [0.15, 0.2) is 36.4 Å². The molecule has 1 fully saturated rings. The number of aryl methyl sites for hydroxylation is 2. The van der Waals surface area contributed by atoms with Crippen LogP contribution in [-0.2, 0) is 6.42 Å². The SMILES string of the molecule is CCc1cccc(C)c1NC(=O)N1CCN(c2ccc(OC)c(OC)c2)CC1. The lowest BCUT2D eigenvalue weighted by molar-refractivity contribution is 0.208. The number of para-hydroxylation sites is 1. The molecular formula is C22H29N3O3. The van der Waals surface area contributed by atoms with Gasteiger partial charge in [-0.1, -0.05) is 25.1 Å². The van der Waals surface area contributed by atoms with Gasteiger partial charge < -0.3 is 24.6 Å². The highest BCUT2D eigenvalue weighted by molar-refractivity contribution is 5.91. The van der Waals surface area contributed by atoms with Crippen LogP contribution < -0.4 is 19.7 Å². The molecule has 3 rings (SSSR count). The highest BCUT2D eigenvalue weighted by Crippen LogP contribution is 2.32. The van der Waals surface area contributed by atoms with Crippen molar-refractivity contribution in [2.24, 2.45) is 0 Å². The topological polar surface area (TPSA) is 54.0 Å². The van der Waals surface area contributed by atoms with Crippen LogP contribution in [-0.4, -0.2) is 51.3 Å². The molecule has 1 N–H and O–H groups in total. The number of nitrogens with one attached hydrogen (secondary N) is 1. The van der Waals surface area contributed by atoms with Crippen molar-refractivity contribution in [3.8, 4) is 11.5 Å². The van der Waals surface area contributed by atoms with Crippen molar-refractivity contribution in [3.05, 3.63) is 47.5 Å². The summed E-state index contributed by atoms with van der Waals surface area (Å²) in [7, 11) is 3.27. The second-order valence-corrected chi connectivity index (χ2v) is 6.91. The van der Waals surface area contributed by atoms with Gasteiger partial charge >= 0.3 is 6.03 Å². The zero-order valence-electron chi connectivity index (χ0n) is 17.1. The molecule has 6 heteroatoms. The van der Waals surface area contributed by atoms with Crippen molar-refractivity contribution in [1.82, 2.24) is 4.90 Å². The van der Waals surface area contributed by atoms with E-state index in [1.165, 1.54) is 0 Å². The summed E-state index contributed by atoms with van der Waals surface area (Å²) in [6, 6.07) is 12.0. The first-order chi connectivity index (χ1) is 13.6. The van der Waals surface area contributed by atoms with E-state index in [1.807, 2.05) is 42.2 Å². The number of carbonyl (C=O) groups is 1. The zero-order valence-corrected chi connectivity index (χ0v) is 17.1. The van der Waals surface area contributed by atoms with Crippen LogP contribution in [0.4, 0.5) is 16.2 Å². The molecule has 2 aromatic rings. The van der Waals surface area contributed by atoms with Gasteiger partial charge in [-0.05, 0) is 36.6 Å². The van der Waals surface area contributed by atoms with Gasteiger partial charge in [0.05, 0.1) is 14.2 Å². The van der Waals surface area contributed by atoms with Gasteiger partial charge in [-0.2, -0.15) is 0 Å². The number of carbonyl (C=O) groups excluding carboxylic acids is 1. The molecule has 0 bridgehead atoms. The third-order valence-corrected chi connectivity index (χ3v) is 5.27. The first-order valence-electron chi connectivity index (χ1n) is 9.68. The number of nitrogens with zero attached hydrogens (tertiary/aromatic N) is 2. The Labute approximate surface area is 167 Å². The predicted octanol–water partition coefficient (Wildman–Crippen LogP) is 3.93. The molecule has 28 heavy (non-hydrogen) atoms. The van der Waals surface area contributed by atoms with E-state index >= 15 is 0 Å². The lowest BCUT2D eigenvalue weighted by atomic mass is 10.1. The Hall–Kier alpha value is -2.89. The minimum Gasteiger partial charge on any atom is -0.493 e. The van der Waals surface area contributed by atoms with Crippen molar-refractivity contribution < 1.29 is 14.3 Å². The molecule has 0 saturated carbocycles. The summed E-state index contributed by atoms with van der Waals surface area (Å²) in [4.78, 5) is 16.9. The Bertz CT molecular complexity index is 830. The fourth-order valence-corrected chi connectivity index (χ4v) is 3.58. The lowest BCUT2D eigenvalue weighted by Crippen LogP contribution is -2.50. The van der Waals surface area contributed by atoms with Gasteiger partial charge in [0.25, 0.3) is 0 Å². The van der Waals surface area contributed by atoms with Gasteiger partial charge in [0.1, 0.15) is 0 Å². The lowest BCUT2D eigenvalue weighted by Gasteiger charge is -2.36. The Kier molecular flexibility index (Phi) is 6.29. The minimum atomic E-state index is -0.0315. The Morgan fingerprint density at radius 3 is 2.39 bits per heavy atom. The molecule has 1 heterocycles. The molecule has 0 atom stereocenters. The van der Waals surface area contributed by atoms with E-state index < -0.39 is 0 Å². The second kappa shape index (κ2) is 8.87. The summed E-state index contributed by atoms with van der Waals surface area (Å²) in [5.41, 5.74) is 4.27. The van der Waals surface area contributed by atoms with E-state index in [1.54, 1.807) is 14.2 Å². The predicted molar refractivity (Wildman–Crippen MR) is 113 cm³/mol. The molecule has 0 radical (unpaired) electrons. The van der Waals surface area contributed by atoms with Gasteiger partial charge in [-0.3, -0.25) is 0 Å². The van der Waals surface area contributed by atoms with Gasteiger partial charge in [0.2, 0.25) is 0 Å². The average molecular weight is 383 g/mol. The second-order valence-electron chi connectivity index (χ2n) is 6.91. The van der Waals surface area contributed by atoms with Crippen LogP contribution in [0.3, 0.4) is 0 Å². The van der Waals surface area contributed by atoms with E-state index in [-0.39, 0.29) is 6.03 Å². The average Bonchev–Trinajstić information content (AvgIpc) is 2.74. The molecule has 0 spiro atoms. The molecule has 150 valence electrons. The highest BCUT2D eigenvalue weighted by atomic mass is 16.5. The number of methoxy groups -OCH3 is 2. The molecule has 1 aliphatic rings.